The fourth-order valence-electron chi connectivity index (χ4n) is 2.02. The first-order valence-corrected chi connectivity index (χ1v) is 6.60. The zero-order chi connectivity index (χ0) is 14.2. The summed E-state index contributed by atoms with van der Waals surface area (Å²) in [6.45, 7) is 3.39. The SMILES string of the molecule is COc1cc(Br)cc(N2CC(=O)NC(C)(C)C2=O)c1. The highest BCUT2D eigenvalue weighted by Crippen LogP contribution is 2.29. The van der Waals surface area contributed by atoms with Crippen molar-refractivity contribution in [2.75, 3.05) is 18.6 Å². The molecule has 2 amide bonds. The molecule has 1 saturated heterocycles. The average Bonchev–Trinajstić information content (AvgIpc) is 2.32. The molecule has 2 rings (SSSR count). The Balaban J connectivity index is 2.42. The zero-order valence-electron chi connectivity index (χ0n) is 11.0. The third-order valence-electron chi connectivity index (χ3n) is 2.94. The molecule has 0 bridgehead atoms. The van der Waals surface area contributed by atoms with Crippen LogP contribution in [0.2, 0.25) is 0 Å². The Labute approximate surface area is 120 Å². The van der Waals surface area contributed by atoms with E-state index < -0.39 is 5.54 Å². The first-order valence-electron chi connectivity index (χ1n) is 5.81. The molecule has 0 radical (unpaired) electrons. The van der Waals surface area contributed by atoms with Gasteiger partial charge < -0.3 is 15.0 Å². The monoisotopic (exact) mass is 326 g/mol. The lowest BCUT2D eigenvalue weighted by Gasteiger charge is -2.37. The highest BCUT2D eigenvalue weighted by molar-refractivity contribution is 9.10. The fraction of sp³-hybridized carbons (Fsp3) is 0.385. The Morgan fingerprint density at radius 2 is 2.00 bits per heavy atom. The smallest absolute Gasteiger partial charge is 0.252 e. The topological polar surface area (TPSA) is 58.6 Å². The third kappa shape index (κ3) is 2.73. The molecule has 19 heavy (non-hydrogen) atoms. The van der Waals surface area contributed by atoms with Gasteiger partial charge in [-0.2, -0.15) is 0 Å². The number of hydrogen-bond donors (Lipinski definition) is 1. The molecule has 1 heterocycles. The Morgan fingerprint density at radius 3 is 2.63 bits per heavy atom. The number of carbonyl (C=O) groups is 2. The summed E-state index contributed by atoms with van der Waals surface area (Å²) >= 11 is 3.37. The van der Waals surface area contributed by atoms with Crippen molar-refractivity contribution in [3.05, 3.63) is 22.7 Å². The summed E-state index contributed by atoms with van der Waals surface area (Å²) in [4.78, 5) is 25.5. The minimum Gasteiger partial charge on any atom is -0.497 e. The number of anilines is 1. The van der Waals surface area contributed by atoms with Gasteiger partial charge in [0.15, 0.2) is 0 Å². The van der Waals surface area contributed by atoms with Crippen molar-refractivity contribution in [1.29, 1.82) is 0 Å². The van der Waals surface area contributed by atoms with Crippen LogP contribution in [0.4, 0.5) is 5.69 Å². The van der Waals surface area contributed by atoms with Gasteiger partial charge in [-0.1, -0.05) is 15.9 Å². The van der Waals surface area contributed by atoms with Crippen LogP contribution in [0.25, 0.3) is 0 Å². The molecule has 0 aromatic heterocycles. The van der Waals surface area contributed by atoms with Gasteiger partial charge in [0.1, 0.15) is 17.8 Å². The summed E-state index contributed by atoms with van der Waals surface area (Å²) in [5.41, 5.74) is -0.260. The third-order valence-corrected chi connectivity index (χ3v) is 3.39. The van der Waals surface area contributed by atoms with Crippen LogP contribution in [-0.2, 0) is 9.59 Å². The molecule has 0 atom stereocenters. The number of halogens is 1. The highest BCUT2D eigenvalue weighted by Gasteiger charge is 2.39. The molecule has 1 N–H and O–H groups in total. The van der Waals surface area contributed by atoms with E-state index in [2.05, 4.69) is 21.2 Å². The van der Waals surface area contributed by atoms with Crippen molar-refractivity contribution in [3.63, 3.8) is 0 Å². The van der Waals surface area contributed by atoms with E-state index in [1.807, 2.05) is 0 Å². The Morgan fingerprint density at radius 1 is 1.32 bits per heavy atom. The standard InChI is InChI=1S/C13H15BrN2O3/c1-13(2)12(18)16(7-11(17)15-13)9-4-8(14)5-10(6-9)19-3/h4-6H,7H2,1-3H3,(H,15,17). The molecule has 1 fully saturated rings. The van der Waals surface area contributed by atoms with E-state index in [-0.39, 0.29) is 18.4 Å². The predicted molar refractivity (Wildman–Crippen MR) is 75.3 cm³/mol. The second kappa shape index (κ2) is 4.85. The minimum absolute atomic E-state index is 0.0157. The van der Waals surface area contributed by atoms with Crippen LogP contribution < -0.4 is 15.0 Å². The number of hydrogen-bond acceptors (Lipinski definition) is 3. The summed E-state index contributed by atoms with van der Waals surface area (Å²) in [7, 11) is 1.56. The van der Waals surface area contributed by atoms with Gasteiger partial charge in [0.25, 0.3) is 5.91 Å². The van der Waals surface area contributed by atoms with Gasteiger partial charge in [-0.05, 0) is 26.0 Å². The van der Waals surface area contributed by atoms with E-state index in [4.69, 9.17) is 4.74 Å². The number of ether oxygens (including phenoxy) is 1. The second-order valence-corrected chi connectivity index (χ2v) is 5.83. The number of amides is 2. The van der Waals surface area contributed by atoms with Crippen LogP contribution >= 0.6 is 15.9 Å². The van der Waals surface area contributed by atoms with Gasteiger partial charge in [-0.15, -0.1) is 0 Å². The molecule has 0 unspecified atom stereocenters. The normalized spacial score (nSPS) is 18.2. The summed E-state index contributed by atoms with van der Waals surface area (Å²) in [6, 6.07) is 5.32. The molecule has 1 aromatic carbocycles. The van der Waals surface area contributed by atoms with Gasteiger partial charge in [0.05, 0.1) is 7.11 Å². The molecule has 0 spiro atoms. The van der Waals surface area contributed by atoms with Crippen molar-refractivity contribution in [2.24, 2.45) is 0 Å². The van der Waals surface area contributed by atoms with E-state index in [9.17, 15) is 9.59 Å². The predicted octanol–water partition coefficient (Wildman–Crippen LogP) is 1.70. The number of methoxy groups -OCH3 is 1. The van der Waals surface area contributed by atoms with Crippen molar-refractivity contribution in [2.45, 2.75) is 19.4 Å². The lowest BCUT2D eigenvalue weighted by Crippen LogP contribution is -2.64. The summed E-state index contributed by atoms with van der Waals surface area (Å²) in [5.74, 6) is 0.303. The van der Waals surface area contributed by atoms with E-state index in [0.29, 0.717) is 11.4 Å². The number of carbonyl (C=O) groups excluding carboxylic acids is 2. The number of nitrogens with zero attached hydrogens (tertiary/aromatic N) is 1. The molecule has 6 heteroatoms. The summed E-state index contributed by atoms with van der Waals surface area (Å²) in [6.07, 6.45) is 0. The number of nitrogens with one attached hydrogen (secondary N) is 1. The quantitative estimate of drug-likeness (QED) is 0.899. The molecule has 102 valence electrons. The van der Waals surface area contributed by atoms with Crippen LogP contribution in [0.15, 0.2) is 22.7 Å². The van der Waals surface area contributed by atoms with Crippen molar-refractivity contribution in [3.8, 4) is 5.75 Å². The molecular weight excluding hydrogens is 312 g/mol. The first-order chi connectivity index (χ1) is 8.83. The molecule has 1 aliphatic rings. The zero-order valence-corrected chi connectivity index (χ0v) is 12.6. The van der Waals surface area contributed by atoms with Crippen LogP contribution in [0.5, 0.6) is 5.75 Å². The Bertz CT molecular complexity index is 543. The van der Waals surface area contributed by atoms with Gasteiger partial charge in [-0.3, -0.25) is 9.59 Å². The first kappa shape index (κ1) is 13.9. The molecule has 1 aliphatic heterocycles. The molecular formula is C13H15BrN2O3. The molecule has 0 saturated carbocycles. The summed E-state index contributed by atoms with van der Waals surface area (Å²) < 4.78 is 5.96. The van der Waals surface area contributed by atoms with Crippen LogP contribution in [0.1, 0.15) is 13.8 Å². The Kier molecular flexibility index (Phi) is 3.54. The number of piperazine rings is 1. The van der Waals surface area contributed by atoms with E-state index in [0.717, 1.165) is 4.47 Å². The fourth-order valence-corrected chi connectivity index (χ4v) is 2.48. The van der Waals surface area contributed by atoms with Gasteiger partial charge >= 0.3 is 0 Å². The molecule has 5 nitrogen and oxygen atoms in total. The average molecular weight is 327 g/mol. The number of benzene rings is 1. The van der Waals surface area contributed by atoms with Crippen molar-refractivity contribution >= 4 is 33.4 Å². The van der Waals surface area contributed by atoms with Gasteiger partial charge in [0, 0.05) is 16.2 Å². The maximum Gasteiger partial charge on any atom is 0.252 e. The minimum atomic E-state index is -0.898. The van der Waals surface area contributed by atoms with Crippen molar-refractivity contribution < 1.29 is 14.3 Å². The highest BCUT2D eigenvalue weighted by atomic mass is 79.9. The van der Waals surface area contributed by atoms with Crippen LogP contribution in [0.3, 0.4) is 0 Å². The van der Waals surface area contributed by atoms with Gasteiger partial charge in [-0.25, -0.2) is 0 Å². The lowest BCUT2D eigenvalue weighted by molar-refractivity contribution is -0.134. The maximum atomic E-state index is 12.4. The van der Waals surface area contributed by atoms with Crippen molar-refractivity contribution in [1.82, 2.24) is 5.32 Å². The summed E-state index contributed by atoms with van der Waals surface area (Å²) in [5, 5.41) is 2.68. The van der Waals surface area contributed by atoms with Gasteiger partial charge in [0.2, 0.25) is 5.91 Å². The van der Waals surface area contributed by atoms with E-state index in [1.54, 1.807) is 39.2 Å². The second-order valence-electron chi connectivity index (χ2n) is 4.91. The lowest BCUT2D eigenvalue weighted by atomic mass is 10.00. The Hall–Kier alpha value is -1.56. The maximum absolute atomic E-state index is 12.4. The molecule has 0 aliphatic carbocycles. The largest absolute Gasteiger partial charge is 0.497 e. The van der Waals surface area contributed by atoms with Crippen LogP contribution in [0, 0.1) is 0 Å². The number of rotatable bonds is 2. The van der Waals surface area contributed by atoms with Crippen LogP contribution in [-0.4, -0.2) is 31.0 Å². The molecule has 1 aromatic rings. The van der Waals surface area contributed by atoms with E-state index >= 15 is 0 Å². The van der Waals surface area contributed by atoms with E-state index in [1.165, 1.54) is 4.90 Å².